The van der Waals surface area contributed by atoms with Crippen molar-refractivity contribution in [3.8, 4) is 0 Å². The highest BCUT2D eigenvalue weighted by molar-refractivity contribution is 5.75. The second-order valence-corrected chi connectivity index (χ2v) is 4.20. The number of carbonyl (C=O) groups is 1. The molecule has 1 rings (SSSR count). The molecule has 0 fully saturated rings. The first-order valence-electron chi connectivity index (χ1n) is 6.20. The van der Waals surface area contributed by atoms with E-state index in [1.165, 1.54) is 0 Å². The summed E-state index contributed by atoms with van der Waals surface area (Å²) in [5.74, 6) is -0.301. The molecule has 1 atom stereocenters. The molecule has 3 nitrogen and oxygen atoms in total. The first-order chi connectivity index (χ1) is 8.24. The van der Waals surface area contributed by atoms with Crippen molar-refractivity contribution in [1.82, 2.24) is 0 Å². The number of nitrogens with two attached hydrogens (primary N) is 1. The molecule has 0 aliphatic carbocycles. The van der Waals surface area contributed by atoms with E-state index in [0.717, 1.165) is 24.8 Å². The minimum atomic E-state index is -0.481. The minimum Gasteiger partial charge on any atom is -0.460 e. The number of unbranched alkanes of at least 4 members (excludes halogenated alkanes) is 2. The maximum Gasteiger partial charge on any atom is 0.323 e. The summed E-state index contributed by atoms with van der Waals surface area (Å²) in [5.41, 5.74) is 6.74. The molecule has 0 aliphatic heterocycles. The Hall–Kier alpha value is -1.35. The molecule has 0 aliphatic rings. The van der Waals surface area contributed by atoms with Gasteiger partial charge >= 0.3 is 5.97 Å². The number of esters is 1. The third kappa shape index (κ3) is 5.50. The molecule has 0 radical (unpaired) electrons. The van der Waals surface area contributed by atoms with Gasteiger partial charge in [0.1, 0.15) is 12.6 Å². The van der Waals surface area contributed by atoms with Crippen LogP contribution in [0.25, 0.3) is 0 Å². The van der Waals surface area contributed by atoms with Gasteiger partial charge in [0.05, 0.1) is 0 Å². The highest BCUT2D eigenvalue weighted by Gasteiger charge is 2.14. The van der Waals surface area contributed by atoms with E-state index in [2.05, 4.69) is 6.92 Å². The van der Waals surface area contributed by atoms with Crippen LogP contribution in [0.5, 0.6) is 0 Å². The van der Waals surface area contributed by atoms with Crippen molar-refractivity contribution < 1.29 is 9.53 Å². The third-order valence-electron chi connectivity index (χ3n) is 2.65. The van der Waals surface area contributed by atoms with Gasteiger partial charge in [-0.05, 0) is 12.0 Å². The van der Waals surface area contributed by atoms with Gasteiger partial charge in [-0.2, -0.15) is 0 Å². The summed E-state index contributed by atoms with van der Waals surface area (Å²) in [7, 11) is 0. The highest BCUT2D eigenvalue weighted by Crippen LogP contribution is 2.05. The predicted octanol–water partition coefficient (Wildman–Crippen LogP) is 2.64. The molecule has 0 aromatic heterocycles. The molecule has 94 valence electrons. The van der Waals surface area contributed by atoms with Crippen molar-refractivity contribution in [1.29, 1.82) is 0 Å². The van der Waals surface area contributed by atoms with Crippen molar-refractivity contribution in [2.75, 3.05) is 0 Å². The predicted molar refractivity (Wildman–Crippen MR) is 68.4 cm³/mol. The van der Waals surface area contributed by atoms with Crippen molar-refractivity contribution in [3.63, 3.8) is 0 Å². The average molecular weight is 235 g/mol. The summed E-state index contributed by atoms with van der Waals surface area (Å²) in [6.45, 7) is 2.43. The van der Waals surface area contributed by atoms with Crippen LogP contribution in [0.4, 0.5) is 0 Å². The average Bonchev–Trinajstić information content (AvgIpc) is 2.37. The van der Waals surface area contributed by atoms with Crippen molar-refractivity contribution in [3.05, 3.63) is 35.9 Å². The zero-order valence-electron chi connectivity index (χ0n) is 10.4. The van der Waals surface area contributed by atoms with Crippen LogP contribution in [-0.2, 0) is 16.1 Å². The first kappa shape index (κ1) is 13.7. The largest absolute Gasteiger partial charge is 0.460 e. The molecule has 0 amide bonds. The van der Waals surface area contributed by atoms with Gasteiger partial charge in [-0.15, -0.1) is 0 Å². The Bertz CT molecular complexity index is 324. The fourth-order valence-corrected chi connectivity index (χ4v) is 1.57. The molecule has 0 heterocycles. The Kier molecular flexibility index (Phi) is 6.33. The highest BCUT2D eigenvalue weighted by atomic mass is 16.5. The molecule has 0 saturated carbocycles. The fourth-order valence-electron chi connectivity index (χ4n) is 1.57. The Morgan fingerprint density at radius 1 is 1.29 bits per heavy atom. The molecular weight excluding hydrogens is 214 g/mol. The van der Waals surface area contributed by atoms with Crippen LogP contribution >= 0.6 is 0 Å². The van der Waals surface area contributed by atoms with Crippen LogP contribution in [-0.4, -0.2) is 12.0 Å². The summed E-state index contributed by atoms with van der Waals surface area (Å²) in [5, 5.41) is 0. The van der Waals surface area contributed by atoms with Gasteiger partial charge < -0.3 is 10.5 Å². The van der Waals surface area contributed by atoms with Gasteiger partial charge in [0.15, 0.2) is 0 Å². The van der Waals surface area contributed by atoms with Crippen LogP contribution in [0, 0.1) is 0 Å². The zero-order valence-corrected chi connectivity index (χ0v) is 10.4. The summed E-state index contributed by atoms with van der Waals surface area (Å²) in [4.78, 5) is 11.6. The molecule has 1 aromatic rings. The van der Waals surface area contributed by atoms with E-state index in [9.17, 15) is 4.79 Å². The van der Waals surface area contributed by atoms with E-state index < -0.39 is 6.04 Å². The van der Waals surface area contributed by atoms with E-state index >= 15 is 0 Å². The Morgan fingerprint density at radius 2 is 2.00 bits per heavy atom. The van der Waals surface area contributed by atoms with E-state index in [1.54, 1.807) is 0 Å². The molecular formula is C14H21NO2. The Balaban J connectivity index is 2.24. The smallest absolute Gasteiger partial charge is 0.323 e. The fraction of sp³-hybridized carbons (Fsp3) is 0.500. The summed E-state index contributed by atoms with van der Waals surface area (Å²) in [6.07, 6.45) is 3.94. The number of ether oxygens (including phenoxy) is 1. The second kappa shape index (κ2) is 7.85. The van der Waals surface area contributed by atoms with E-state index in [1.807, 2.05) is 30.3 Å². The van der Waals surface area contributed by atoms with Crippen LogP contribution in [0.2, 0.25) is 0 Å². The van der Waals surface area contributed by atoms with E-state index in [0.29, 0.717) is 13.0 Å². The van der Waals surface area contributed by atoms with Crippen molar-refractivity contribution in [2.24, 2.45) is 5.73 Å². The van der Waals surface area contributed by atoms with Crippen molar-refractivity contribution >= 4 is 5.97 Å². The van der Waals surface area contributed by atoms with Gasteiger partial charge in [-0.25, -0.2) is 0 Å². The third-order valence-corrected chi connectivity index (χ3v) is 2.65. The van der Waals surface area contributed by atoms with E-state index in [4.69, 9.17) is 10.5 Å². The topological polar surface area (TPSA) is 52.3 Å². The lowest BCUT2D eigenvalue weighted by molar-refractivity contribution is -0.146. The first-order valence-corrected chi connectivity index (χ1v) is 6.20. The van der Waals surface area contributed by atoms with Gasteiger partial charge in [0.25, 0.3) is 0 Å². The molecule has 0 spiro atoms. The van der Waals surface area contributed by atoms with Gasteiger partial charge in [0.2, 0.25) is 0 Å². The molecule has 3 heteroatoms. The summed E-state index contributed by atoms with van der Waals surface area (Å²) >= 11 is 0. The number of carbonyl (C=O) groups excluding carboxylic acids is 1. The lowest BCUT2D eigenvalue weighted by Crippen LogP contribution is -2.32. The maximum atomic E-state index is 11.6. The number of rotatable bonds is 7. The Labute approximate surface area is 103 Å². The molecule has 0 saturated heterocycles. The number of hydrogen-bond acceptors (Lipinski definition) is 3. The van der Waals surface area contributed by atoms with Crippen LogP contribution in [0.1, 0.15) is 38.2 Å². The monoisotopic (exact) mass is 235 g/mol. The summed E-state index contributed by atoms with van der Waals surface area (Å²) < 4.78 is 5.16. The number of hydrogen-bond donors (Lipinski definition) is 1. The van der Waals surface area contributed by atoms with Gasteiger partial charge in [-0.3, -0.25) is 4.79 Å². The second-order valence-electron chi connectivity index (χ2n) is 4.20. The number of benzene rings is 1. The van der Waals surface area contributed by atoms with Gasteiger partial charge in [-0.1, -0.05) is 56.5 Å². The maximum absolute atomic E-state index is 11.6. The SMILES string of the molecule is CCCCCC(N)C(=O)OCc1ccccc1. The minimum absolute atomic E-state index is 0.301. The normalized spacial score (nSPS) is 12.1. The molecule has 17 heavy (non-hydrogen) atoms. The van der Waals surface area contributed by atoms with Crippen LogP contribution in [0.15, 0.2) is 30.3 Å². The molecule has 1 aromatic carbocycles. The molecule has 0 bridgehead atoms. The standard InChI is InChI=1S/C14H21NO2/c1-2-3-5-10-13(15)14(16)17-11-12-8-6-4-7-9-12/h4,6-9,13H,2-3,5,10-11,15H2,1H3. The van der Waals surface area contributed by atoms with Crippen molar-refractivity contribution in [2.45, 2.75) is 45.3 Å². The molecule has 1 unspecified atom stereocenters. The lowest BCUT2D eigenvalue weighted by Gasteiger charge is -2.11. The van der Waals surface area contributed by atoms with Gasteiger partial charge in [0, 0.05) is 0 Å². The molecule has 2 N–H and O–H groups in total. The summed E-state index contributed by atoms with van der Waals surface area (Å²) in [6, 6.07) is 9.15. The zero-order chi connectivity index (χ0) is 12.5. The quantitative estimate of drug-likeness (QED) is 0.584. The van der Waals surface area contributed by atoms with Crippen LogP contribution < -0.4 is 5.73 Å². The van der Waals surface area contributed by atoms with E-state index in [-0.39, 0.29) is 5.97 Å². The Morgan fingerprint density at radius 3 is 2.65 bits per heavy atom. The van der Waals surface area contributed by atoms with Crippen LogP contribution in [0.3, 0.4) is 0 Å². The lowest BCUT2D eigenvalue weighted by atomic mass is 10.1.